The van der Waals surface area contributed by atoms with Crippen molar-refractivity contribution in [2.45, 2.75) is 19.4 Å². The topological polar surface area (TPSA) is 54.5 Å². The maximum Gasteiger partial charge on any atom is 0.223 e. The molecule has 1 amide bonds. The van der Waals surface area contributed by atoms with Gasteiger partial charge >= 0.3 is 0 Å². The Kier molecular flexibility index (Phi) is 5.95. The van der Waals surface area contributed by atoms with Crippen molar-refractivity contribution in [3.8, 4) is 0 Å². The normalized spacial score (nSPS) is 18.1. The largest absolute Gasteiger partial charge is 0.383 e. The number of nitrogens with zero attached hydrogens (tertiary/aromatic N) is 2. The summed E-state index contributed by atoms with van der Waals surface area (Å²) in [6.07, 6.45) is 5.24. The lowest BCUT2D eigenvalue weighted by molar-refractivity contribution is -0.133. The summed E-state index contributed by atoms with van der Waals surface area (Å²) in [6, 6.07) is 3.90. The van der Waals surface area contributed by atoms with Crippen LogP contribution in [-0.2, 0) is 16.1 Å². The van der Waals surface area contributed by atoms with E-state index >= 15 is 0 Å². The molecule has 0 unspecified atom stereocenters. The first-order chi connectivity index (χ1) is 9.79. The Morgan fingerprint density at radius 1 is 1.50 bits per heavy atom. The number of hydrogen-bond acceptors (Lipinski definition) is 4. The molecule has 0 spiro atoms. The van der Waals surface area contributed by atoms with E-state index in [0.717, 1.165) is 25.1 Å². The Hall–Kier alpha value is -1.46. The number of carbonyl (C=O) groups is 1. The molecule has 2 heterocycles. The molecule has 5 nitrogen and oxygen atoms in total. The third kappa shape index (κ3) is 4.58. The molecule has 0 saturated carbocycles. The summed E-state index contributed by atoms with van der Waals surface area (Å²) in [6.45, 7) is 3.82. The van der Waals surface area contributed by atoms with Gasteiger partial charge in [0.05, 0.1) is 6.61 Å². The summed E-state index contributed by atoms with van der Waals surface area (Å²) >= 11 is 0. The van der Waals surface area contributed by atoms with E-state index in [1.165, 1.54) is 0 Å². The van der Waals surface area contributed by atoms with Crippen molar-refractivity contribution in [2.75, 3.05) is 33.4 Å². The summed E-state index contributed by atoms with van der Waals surface area (Å²) in [5.74, 6) is 0.692. The van der Waals surface area contributed by atoms with Crippen LogP contribution >= 0.6 is 0 Å². The van der Waals surface area contributed by atoms with E-state index in [2.05, 4.69) is 10.3 Å². The van der Waals surface area contributed by atoms with Crippen molar-refractivity contribution in [1.82, 2.24) is 15.2 Å². The maximum atomic E-state index is 12.4. The van der Waals surface area contributed by atoms with Crippen molar-refractivity contribution < 1.29 is 9.53 Å². The SMILES string of the molecule is COCCN(Cc1ccncc1)C(=O)C[C@H]1CCNC1. The minimum atomic E-state index is 0.215. The van der Waals surface area contributed by atoms with Crippen molar-refractivity contribution >= 4 is 5.91 Å². The first kappa shape index (κ1) is 14.9. The summed E-state index contributed by atoms with van der Waals surface area (Å²) < 4.78 is 5.11. The van der Waals surface area contributed by atoms with Crippen molar-refractivity contribution in [2.24, 2.45) is 5.92 Å². The first-order valence-corrected chi connectivity index (χ1v) is 7.16. The Bertz CT molecular complexity index is 405. The van der Waals surface area contributed by atoms with Gasteiger partial charge in [-0.3, -0.25) is 9.78 Å². The number of aromatic nitrogens is 1. The molecule has 1 aromatic rings. The molecule has 1 fully saturated rings. The number of ether oxygens (including phenoxy) is 1. The lowest BCUT2D eigenvalue weighted by Crippen LogP contribution is -2.34. The van der Waals surface area contributed by atoms with E-state index in [1.807, 2.05) is 17.0 Å². The zero-order valence-corrected chi connectivity index (χ0v) is 12.0. The second-order valence-corrected chi connectivity index (χ2v) is 5.23. The Labute approximate surface area is 120 Å². The fourth-order valence-electron chi connectivity index (χ4n) is 2.47. The number of pyridine rings is 1. The van der Waals surface area contributed by atoms with Crippen LogP contribution in [0.5, 0.6) is 0 Å². The van der Waals surface area contributed by atoms with E-state index in [9.17, 15) is 4.79 Å². The number of nitrogens with one attached hydrogen (secondary N) is 1. The average Bonchev–Trinajstić information content (AvgIpc) is 2.97. The molecule has 1 aliphatic heterocycles. The van der Waals surface area contributed by atoms with Gasteiger partial charge < -0.3 is 15.0 Å². The average molecular weight is 277 g/mol. The maximum absolute atomic E-state index is 12.4. The van der Waals surface area contributed by atoms with Gasteiger partial charge in [-0.15, -0.1) is 0 Å². The van der Waals surface area contributed by atoms with Crippen molar-refractivity contribution in [3.05, 3.63) is 30.1 Å². The Balaban J connectivity index is 1.92. The quantitative estimate of drug-likeness (QED) is 0.809. The van der Waals surface area contributed by atoms with Crippen LogP contribution in [-0.4, -0.2) is 49.1 Å². The Morgan fingerprint density at radius 3 is 2.95 bits per heavy atom. The number of hydrogen-bond donors (Lipinski definition) is 1. The summed E-state index contributed by atoms with van der Waals surface area (Å²) in [4.78, 5) is 18.3. The number of carbonyl (C=O) groups excluding carboxylic acids is 1. The molecule has 2 rings (SSSR count). The molecule has 20 heavy (non-hydrogen) atoms. The minimum absolute atomic E-state index is 0.215. The molecule has 0 aromatic carbocycles. The molecular formula is C15H23N3O2. The standard InChI is InChI=1S/C15H23N3O2/c1-20-9-8-18(12-13-2-5-16-6-3-13)15(19)10-14-4-7-17-11-14/h2-3,5-6,14,17H,4,7-12H2,1H3/t14-/m1/s1. The lowest BCUT2D eigenvalue weighted by Gasteiger charge is -2.24. The second-order valence-electron chi connectivity index (χ2n) is 5.23. The van der Waals surface area contributed by atoms with Crippen LogP contribution < -0.4 is 5.32 Å². The molecule has 0 radical (unpaired) electrons. The molecule has 1 aliphatic rings. The van der Waals surface area contributed by atoms with Crippen LogP contribution in [0.1, 0.15) is 18.4 Å². The minimum Gasteiger partial charge on any atom is -0.383 e. The fraction of sp³-hybridized carbons (Fsp3) is 0.600. The first-order valence-electron chi connectivity index (χ1n) is 7.16. The van der Waals surface area contributed by atoms with Crippen molar-refractivity contribution in [1.29, 1.82) is 0 Å². The molecule has 1 saturated heterocycles. The van der Waals surface area contributed by atoms with Gasteiger partial charge in [-0.05, 0) is 43.1 Å². The van der Waals surface area contributed by atoms with Gasteiger partial charge in [0.2, 0.25) is 5.91 Å². The number of methoxy groups -OCH3 is 1. The summed E-state index contributed by atoms with van der Waals surface area (Å²) in [7, 11) is 1.66. The van der Waals surface area contributed by atoms with Gasteiger partial charge in [-0.1, -0.05) is 0 Å². The molecule has 0 aliphatic carbocycles. The third-order valence-corrected chi connectivity index (χ3v) is 3.67. The van der Waals surface area contributed by atoms with E-state index < -0.39 is 0 Å². The highest BCUT2D eigenvalue weighted by Gasteiger charge is 2.21. The highest BCUT2D eigenvalue weighted by molar-refractivity contribution is 5.76. The smallest absolute Gasteiger partial charge is 0.223 e. The van der Waals surface area contributed by atoms with E-state index in [1.54, 1.807) is 19.5 Å². The molecule has 110 valence electrons. The van der Waals surface area contributed by atoms with Crippen LogP contribution in [0.15, 0.2) is 24.5 Å². The van der Waals surface area contributed by atoms with Crippen LogP contribution in [0.4, 0.5) is 0 Å². The van der Waals surface area contributed by atoms with Crippen LogP contribution in [0.3, 0.4) is 0 Å². The van der Waals surface area contributed by atoms with Crippen molar-refractivity contribution in [3.63, 3.8) is 0 Å². The van der Waals surface area contributed by atoms with E-state index in [0.29, 0.717) is 32.0 Å². The molecule has 1 aromatic heterocycles. The number of rotatable bonds is 7. The zero-order valence-electron chi connectivity index (χ0n) is 12.0. The summed E-state index contributed by atoms with van der Waals surface area (Å²) in [5, 5.41) is 3.31. The highest BCUT2D eigenvalue weighted by Crippen LogP contribution is 2.15. The van der Waals surface area contributed by atoms with E-state index in [4.69, 9.17) is 4.74 Å². The third-order valence-electron chi connectivity index (χ3n) is 3.67. The van der Waals surface area contributed by atoms with Gasteiger partial charge in [0, 0.05) is 39.0 Å². The molecular weight excluding hydrogens is 254 g/mol. The predicted molar refractivity (Wildman–Crippen MR) is 77.1 cm³/mol. The van der Waals surface area contributed by atoms with Crippen LogP contribution in [0.2, 0.25) is 0 Å². The molecule has 1 N–H and O–H groups in total. The van der Waals surface area contributed by atoms with E-state index in [-0.39, 0.29) is 5.91 Å². The number of amides is 1. The fourth-order valence-corrected chi connectivity index (χ4v) is 2.47. The zero-order chi connectivity index (χ0) is 14.2. The summed E-state index contributed by atoms with van der Waals surface area (Å²) in [5.41, 5.74) is 1.11. The molecule has 0 bridgehead atoms. The highest BCUT2D eigenvalue weighted by atomic mass is 16.5. The van der Waals surface area contributed by atoms with Gasteiger partial charge in [0.1, 0.15) is 0 Å². The van der Waals surface area contributed by atoms with Crippen LogP contribution in [0, 0.1) is 5.92 Å². The van der Waals surface area contributed by atoms with Gasteiger partial charge in [-0.2, -0.15) is 0 Å². The predicted octanol–water partition coefficient (Wildman–Crippen LogP) is 1.06. The van der Waals surface area contributed by atoms with Gasteiger partial charge in [0.25, 0.3) is 0 Å². The molecule has 1 atom stereocenters. The monoisotopic (exact) mass is 277 g/mol. The van der Waals surface area contributed by atoms with Crippen LogP contribution in [0.25, 0.3) is 0 Å². The molecule has 5 heteroatoms. The lowest BCUT2D eigenvalue weighted by atomic mass is 10.0. The van der Waals surface area contributed by atoms with Gasteiger partial charge in [0.15, 0.2) is 0 Å². The van der Waals surface area contributed by atoms with Gasteiger partial charge in [-0.25, -0.2) is 0 Å². The second kappa shape index (κ2) is 7.97. The Morgan fingerprint density at radius 2 is 2.30 bits per heavy atom.